The molecular weight excluding hydrogens is 452 g/mol. The molecule has 1 aliphatic rings. The molecule has 1 heterocycles. The van der Waals surface area contributed by atoms with Crippen LogP contribution in [0.3, 0.4) is 0 Å². The molecule has 0 spiro atoms. The van der Waals surface area contributed by atoms with Gasteiger partial charge in [-0.2, -0.15) is 0 Å². The lowest BCUT2D eigenvalue weighted by Gasteiger charge is -2.36. The second-order valence-electron chi connectivity index (χ2n) is 9.24. The number of methoxy groups -OCH3 is 4. The van der Waals surface area contributed by atoms with E-state index in [-0.39, 0.29) is 24.6 Å². The van der Waals surface area contributed by atoms with E-state index >= 15 is 0 Å². The number of benzene rings is 2. The van der Waals surface area contributed by atoms with Crippen molar-refractivity contribution in [2.24, 2.45) is 11.8 Å². The van der Waals surface area contributed by atoms with Crippen LogP contribution in [0.4, 0.5) is 0 Å². The van der Waals surface area contributed by atoms with Crippen molar-refractivity contribution in [2.45, 2.75) is 46.1 Å². The van der Waals surface area contributed by atoms with Gasteiger partial charge < -0.3 is 33.2 Å². The minimum atomic E-state index is -0.824. The molecule has 0 saturated carbocycles. The summed E-state index contributed by atoms with van der Waals surface area (Å²) in [6.07, 6.45) is 1.07. The minimum absolute atomic E-state index is 0.0608. The Labute approximate surface area is 207 Å². The third-order valence-corrected chi connectivity index (χ3v) is 6.39. The molecule has 1 aliphatic heterocycles. The Morgan fingerprint density at radius 1 is 0.886 bits per heavy atom. The number of ether oxygens (including phenoxy) is 7. The molecule has 8 nitrogen and oxygen atoms in total. The number of carbonyl (C=O) groups excluding carboxylic acids is 1. The summed E-state index contributed by atoms with van der Waals surface area (Å²) in [6, 6.07) is 7.66. The first-order valence-electron chi connectivity index (χ1n) is 11.6. The van der Waals surface area contributed by atoms with Crippen LogP contribution in [0.15, 0.2) is 24.3 Å². The quantitative estimate of drug-likeness (QED) is 0.416. The Balaban J connectivity index is 1.96. The second kappa shape index (κ2) is 11.0. The molecule has 8 heteroatoms. The van der Waals surface area contributed by atoms with Gasteiger partial charge in [-0.1, -0.05) is 20.8 Å². The van der Waals surface area contributed by atoms with E-state index in [9.17, 15) is 4.79 Å². The van der Waals surface area contributed by atoms with Crippen LogP contribution in [-0.2, 0) is 22.4 Å². The van der Waals surface area contributed by atoms with Crippen LogP contribution in [0.2, 0.25) is 0 Å². The summed E-state index contributed by atoms with van der Waals surface area (Å²) in [5.41, 5.74) is 1.07. The molecule has 0 fully saturated rings. The number of carbonyl (C=O) groups is 1. The summed E-state index contributed by atoms with van der Waals surface area (Å²) < 4.78 is 39.3. The molecule has 35 heavy (non-hydrogen) atoms. The SMILES string of the molecule is COc1cc(C[C@](C)(OC(=O)C(C)C)[C@@H](C)Cc2cc(OC)c3c(c2)OCO3)cc(OC)c1OC. The van der Waals surface area contributed by atoms with Gasteiger partial charge in [0.2, 0.25) is 18.3 Å². The summed E-state index contributed by atoms with van der Waals surface area (Å²) in [4.78, 5) is 12.8. The van der Waals surface area contributed by atoms with Crippen molar-refractivity contribution in [3.63, 3.8) is 0 Å². The molecule has 0 radical (unpaired) electrons. The van der Waals surface area contributed by atoms with Crippen molar-refractivity contribution in [1.29, 1.82) is 0 Å². The van der Waals surface area contributed by atoms with Gasteiger partial charge in [0.1, 0.15) is 5.60 Å². The predicted octanol–water partition coefficient (Wildman–Crippen LogP) is 4.83. The Hall–Kier alpha value is -3.29. The molecule has 3 rings (SSSR count). The maximum absolute atomic E-state index is 12.8. The molecule has 0 saturated heterocycles. The van der Waals surface area contributed by atoms with Crippen LogP contribution in [0.1, 0.15) is 38.8 Å². The first kappa shape index (κ1) is 26.3. The highest BCUT2D eigenvalue weighted by Gasteiger charge is 2.37. The lowest BCUT2D eigenvalue weighted by molar-refractivity contribution is -0.167. The highest BCUT2D eigenvalue weighted by atomic mass is 16.7. The normalized spacial score (nSPS) is 14.8. The van der Waals surface area contributed by atoms with Crippen LogP contribution in [0.25, 0.3) is 0 Å². The van der Waals surface area contributed by atoms with E-state index in [2.05, 4.69) is 6.92 Å². The van der Waals surface area contributed by atoms with Crippen molar-refractivity contribution in [2.75, 3.05) is 35.2 Å². The highest BCUT2D eigenvalue weighted by molar-refractivity contribution is 5.72. The van der Waals surface area contributed by atoms with Crippen molar-refractivity contribution < 1.29 is 38.0 Å². The molecule has 2 atom stereocenters. The van der Waals surface area contributed by atoms with Crippen molar-refractivity contribution in [3.8, 4) is 34.5 Å². The van der Waals surface area contributed by atoms with Crippen molar-refractivity contribution in [1.82, 2.24) is 0 Å². The van der Waals surface area contributed by atoms with E-state index in [0.717, 1.165) is 11.1 Å². The standard InChI is InChI=1S/C27H36O8/c1-16(2)26(28)35-27(4,14-19-12-20(29-5)24(32-8)21(13-19)30-6)17(3)9-18-10-22(31-7)25-23(11-18)33-15-34-25/h10-13,16-17H,9,14-15H2,1-8H3/t17-,27-/m0/s1. The monoisotopic (exact) mass is 488 g/mol. The molecule has 0 bridgehead atoms. The highest BCUT2D eigenvalue weighted by Crippen LogP contribution is 2.44. The van der Waals surface area contributed by atoms with E-state index in [4.69, 9.17) is 33.2 Å². The van der Waals surface area contributed by atoms with Gasteiger partial charge >= 0.3 is 5.97 Å². The minimum Gasteiger partial charge on any atom is -0.493 e. The number of hydrogen-bond acceptors (Lipinski definition) is 8. The van der Waals surface area contributed by atoms with Gasteiger partial charge in [-0.25, -0.2) is 0 Å². The first-order chi connectivity index (χ1) is 16.6. The molecule has 0 N–H and O–H groups in total. The fourth-order valence-corrected chi connectivity index (χ4v) is 4.17. The van der Waals surface area contributed by atoms with Crippen LogP contribution in [0.5, 0.6) is 34.5 Å². The average Bonchev–Trinajstić information content (AvgIpc) is 3.31. The summed E-state index contributed by atoms with van der Waals surface area (Å²) in [5.74, 6) is 2.91. The van der Waals surface area contributed by atoms with Crippen molar-refractivity contribution in [3.05, 3.63) is 35.4 Å². The molecule has 0 aliphatic carbocycles. The van der Waals surface area contributed by atoms with Crippen LogP contribution < -0.4 is 28.4 Å². The molecule has 0 amide bonds. The lowest BCUT2D eigenvalue weighted by atomic mass is 9.80. The van der Waals surface area contributed by atoms with Gasteiger partial charge in [0.15, 0.2) is 23.0 Å². The zero-order valence-corrected chi connectivity index (χ0v) is 21.9. The largest absolute Gasteiger partial charge is 0.493 e. The first-order valence-corrected chi connectivity index (χ1v) is 11.6. The van der Waals surface area contributed by atoms with E-state index in [1.807, 2.05) is 45.0 Å². The molecule has 0 unspecified atom stereocenters. The van der Waals surface area contributed by atoms with Gasteiger partial charge in [0, 0.05) is 12.3 Å². The number of rotatable bonds is 11. The summed E-state index contributed by atoms with van der Waals surface area (Å²) in [6.45, 7) is 7.86. The fraction of sp³-hybridized carbons (Fsp3) is 0.519. The van der Waals surface area contributed by atoms with Crippen molar-refractivity contribution >= 4 is 5.97 Å². The van der Waals surface area contributed by atoms with Gasteiger partial charge in [-0.3, -0.25) is 4.79 Å². The zero-order valence-electron chi connectivity index (χ0n) is 21.9. The maximum atomic E-state index is 12.8. The Bertz CT molecular complexity index is 1020. The number of esters is 1. The molecular formula is C27H36O8. The third kappa shape index (κ3) is 5.69. The van der Waals surface area contributed by atoms with E-state index < -0.39 is 5.60 Å². The molecule has 2 aromatic carbocycles. The van der Waals surface area contributed by atoms with Gasteiger partial charge in [-0.05, 0) is 48.7 Å². The third-order valence-electron chi connectivity index (χ3n) is 6.39. The van der Waals surface area contributed by atoms with Crippen LogP contribution in [-0.4, -0.2) is 46.8 Å². The van der Waals surface area contributed by atoms with E-state index in [0.29, 0.717) is 47.3 Å². The number of fused-ring (bicyclic) bond motifs is 1. The Morgan fingerprint density at radius 3 is 2.03 bits per heavy atom. The summed E-state index contributed by atoms with van der Waals surface area (Å²) in [5, 5.41) is 0. The smallest absolute Gasteiger partial charge is 0.308 e. The average molecular weight is 489 g/mol. The maximum Gasteiger partial charge on any atom is 0.308 e. The van der Waals surface area contributed by atoms with E-state index in [1.165, 1.54) is 0 Å². The number of hydrogen-bond donors (Lipinski definition) is 0. The summed E-state index contributed by atoms with van der Waals surface area (Å²) in [7, 11) is 6.32. The second-order valence-corrected chi connectivity index (χ2v) is 9.24. The van der Waals surface area contributed by atoms with Gasteiger partial charge in [-0.15, -0.1) is 0 Å². The molecule has 192 valence electrons. The van der Waals surface area contributed by atoms with E-state index in [1.54, 1.807) is 28.4 Å². The fourth-order valence-electron chi connectivity index (χ4n) is 4.17. The lowest BCUT2D eigenvalue weighted by Crippen LogP contribution is -2.42. The van der Waals surface area contributed by atoms with Crippen LogP contribution in [0, 0.1) is 11.8 Å². The Kier molecular flexibility index (Phi) is 8.25. The Morgan fingerprint density at radius 2 is 1.49 bits per heavy atom. The van der Waals surface area contributed by atoms with Gasteiger partial charge in [0.05, 0.1) is 34.4 Å². The summed E-state index contributed by atoms with van der Waals surface area (Å²) >= 11 is 0. The van der Waals surface area contributed by atoms with Crippen LogP contribution >= 0.6 is 0 Å². The molecule has 0 aromatic heterocycles. The zero-order chi connectivity index (χ0) is 25.8. The predicted molar refractivity (Wildman–Crippen MR) is 131 cm³/mol. The topological polar surface area (TPSA) is 81.7 Å². The molecule has 2 aromatic rings. The van der Waals surface area contributed by atoms with Gasteiger partial charge in [0.25, 0.3) is 0 Å².